The third kappa shape index (κ3) is 3.32. The average molecular weight is 344 g/mol. The minimum Gasteiger partial charge on any atom is -0.395 e. The third-order valence-corrected chi connectivity index (χ3v) is 4.93. The van der Waals surface area contributed by atoms with Crippen LogP contribution in [0, 0.1) is 6.92 Å². The van der Waals surface area contributed by atoms with Gasteiger partial charge in [-0.25, -0.2) is 4.98 Å². The number of aliphatic hydroxyl groups excluding tert-OH is 1. The Kier molecular flexibility index (Phi) is 4.54. The second-order valence-corrected chi connectivity index (χ2v) is 6.63. The summed E-state index contributed by atoms with van der Waals surface area (Å²) in [5.74, 6) is 1.80. The average Bonchev–Trinajstić information content (AvgIpc) is 3.30. The number of aromatic nitrogens is 4. The Morgan fingerprint density at radius 3 is 3.16 bits per heavy atom. The Balaban J connectivity index is 1.63. The number of hydrogen-bond donors (Lipinski definition) is 3. The largest absolute Gasteiger partial charge is 0.395 e. The van der Waals surface area contributed by atoms with Crippen LogP contribution in [0.1, 0.15) is 35.0 Å². The molecule has 4 heterocycles. The molecule has 134 valence electrons. The maximum Gasteiger partial charge on any atom is 0.224 e. The Bertz CT molecular complexity index is 741. The fraction of sp³-hybridized carbons (Fsp3) is 0.588. The van der Waals surface area contributed by atoms with Gasteiger partial charge in [-0.1, -0.05) is 0 Å². The van der Waals surface area contributed by atoms with Gasteiger partial charge in [0, 0.05) is 55.9 Å². The van der Waals surface area contributed by atoms with Gasteiger partial charge in [-0.3, -0.25) is 5.10 Å². The van der Waals surface area contributed by atoms with E-state index in [1.807, 2.05) is 0 Å². The summed E-state index contributed by atoms with van der Waals surface area (Å²) in [4.78, 5) is 11.6. The highest BCUT2D eigenvalue weighted by Gasteiger charge is 2.25. The second kappa shape index (κ2) is 6.97. The van der Waals surface area contributed by atoms with Gasteiger partial charge < -0.3 is 20.1 Å². The summed E-state index contributed by atoms with van der Waals surface area (Å²) in [6.07, 6.45) is 1.89. The van der Waals surface area contributed by atoms with Crippen molar-refractivity contribution in [2.24, 2.45) is 0 Å². The smallest absolute Gasteiger partial charge is 0.224 e. The zero-order valence-corrected chi connectivity index (χ0v) is 14.5. The van der Waals surface area contributed by atoms with Crippen LogP contribution in [0.2, 0.25) is 0 Å². The lowest BCUT2D eigenvalue weighted by atomic mass is 10.0. The molecule has 4 rings (SSSR count). The van der Waals surface area contributed by atoms with Crippen molar-refractivity contribution in [1.82, 2.24) is 20.2 Å². The van der Waals surface area contributed by atoms with Crippen molar-refractivity contribution in [2.75, 3.05) is 43.1 Å². The molecule has 1 fully saturated rings. The van der Waals surface area contributed by atoms with E-state index in [-0.39, 0.29) is 6.61 Å². The lowest BCUT2D eigenvalue weighted by molar-refractivity contribution is 0.193. The van der Waals surface area contributed by atoms with E-state index < -0.39 is 0 Å². The molecule has 0 amide bonds. The van der Waals surface area contributed by atoms with E-state index in [4.69, 9.17) is 9.84 Å². The summed E-state index contributed by atoms with van der Waals surface area (Å²) in [5, 5.41) is 19.7. The van der Waals surface area contributed by atoms with Crippen molar-refractivity contribution in [1.29, 1.82) is 0 Å². The number of H-pyrrole nitrogens is 1. The number of nitrogens with one attached hydrogen (secondary N) is 2. The van der Waals surface area contributed by atoms with E-state index in [9.17, 15) is 0 Å². The number of anilines is 2. The molecule has 8 heteroatoms. The van der Waals surface area contributed by atoms with Gasteiger partial charge in [0.2, 0.25) is 5.95 Å². The van der Waals surface area contributed by atoms with Gasteiger partial charge in [-0.05, 0) is 13.3 Å². The zero-order valence-electron chi connectivity index (χ0n) is 14.5. The van der Waals surface area contributed by atoms with Crippen molar-refractivity contribution in [3.05, 3.63) is 28.7 Å². The zero-order chi connectivity index (χ0) is 17.2. The molecule has 1 saturated heterocycles. The molecule has 0 bridgehead atoms. The lowest BCUT2D eigenvalue weighted by Crippen LogP contribution is -2.31. The van der Waals surface area contributed by atoms with Crippen LogP contribution in [0.4, 0.5) is 11.8 Å². The highest BCUT2D eigenvalue weighted by Crippen LogP contribution is 2.29. The number of ether oxygens (including phenoxy) is 1. The molecule has 0 radical (unpaired) electrons. The van der Waals surface area contributed by atoms with Gasteiger partial charge in [0.15, 0.2) is 0 Å². The van der Waals surface area contributed by atoms with E-state index >= 15 is 0 Å². The standard InChI is InChI=1S/C17H24N6O2/c1-11-13-9-23(5-2-14(13)22-21-11)16-8-15(12-3-7-25-10-12)19-17(20-16)18-4-6-24/h8,12,24H,2-7,9-10H2,1H3,(H,21,22)(H,18,19,20). The molecule has 0 aromatic carbocycles. The molecule has 1 atom stereocenters. The number of aromatic amines is 1. The molecule has 25 heavy (non-hydrogen) atoms. The van der Waals surface area contributed by atoms with Gasteiger partial charge in [-0.15, -0.1) is 0 Å². The number of rotatable bonds is 5. The predicted octanol–water partition coefficient (Wildman–Crippen LogP) is 0.979. The van der Waals surface area contributed by atoms with Gasteiger partial charge >= 0.3 is 0 Å². The Labute approximate surface area is 146 Å². The number of hydrogen-bond acceptors (Lipinski definition) is 7. The molecule has 1 unspecified atom stereocenters. The monoisotopic (exact) mass is 344 g/mol. The molecular weight excluding hydrogens is 320 g/mol. The number of aliphatic hydroxyl groups is 1. The SMILES string of the molecule is Cc1[nH]nc2c1CN(c1cc(C3CCOC3)nc(NCCO)n1)CC2. The predicted molar refractivity (Wildman–Crippen MR) is 93.9 cm³/mol. The van der Waals surface area contributed by atoms with Crippen LogP contribution < -0.4 is 10.2 Å². The van der Waals surface area contributed by atoms with E-state index in [0.717, 1.165) is 55.4 Å². The molecule has 2 aromatic rings. The first-order valence-corrected chi connectivity index (χ1v) is 8.83. The van der Waals surface area contributed by atoms with Crippen LogP contribution in [-0.2, 0) is 17.7 Å². The molecule has 2 aliphatic heterocycles. The normalized spacial score (nSPS) is 19.9. The number of fused-ring (bicyclic) bond motifs is 1. The Morgan fingerprint density at radius 1 is 1.44 bits per heavy atom. The highest BCUT2D eigenvalue weighted by molar-refractivity contribution is 5.48. The topological polar surface area (TPSA) is 99.2 Å². The summed E-state index contributed by atoms with van der Waals surface area (Å²) in [6, 6.07) is 2.09. The summed E-state index contributed by atoms with van der Waals surface area (Å²) in [6.45, 7) is 5.73. The first-order valence-electron chi connectivity index (χ1n) is 8.83. The second-order valence-electron chi connectivity index (χ2n) is 6.63. The van der Waals surface area contributed by atoms with E-state index in [1.165, 1.54) is 5.56 Å². The van der Waals surface area contributed by atoms with Crippen LogP contribution in [0.15, 0.2) is 6.07 Å². The van der Waals surface area contributed by atoms with Crippen LogP contribution in [0.5, 0.6) is 0 Å². The summed E-state index contributed by atoms with van der Waals surface area (Å²) in [5.41, 5.74) is 4.56. The van der Waals surface area contributed by atoms with E-state index in [0.29, 0.717) is 25.0 Å². The Hall–Kier alpha value is -2.19. The lowest BCUT2D eigenvalue weighted by Gasteiger charge is -2.28. The molecule has 0 aliphatic carbocycles. The summed E-state index contributed by atoms with van der Waals surface area (Å²) >= 11 is 0. The quantitative estimate of drug-likeness (QED) is 0.743. The minimum absolute atomic E-state index is 0.0523. The molecule has 2 aromatic heterocycles. The van der Waals surface area contributed by atoms with Crippen molar-refractivity contribution >= 4 is 11.8 Å². The molecular formula is C17H24N6O2. The highest BCUT2D eigenvalue weighted by atomic mass is 16.5. The van der Waals surface area contributed by atoms with Crippen molar-refractivity contribution in [3.63, 3.8) is 0 Å². The number of nitrogens with zero attached hydrogens (tertiary/aromatic N) is 4. The van der Waals surface area contributed by atoms with Crippen LogP contribution >= 0.6 is 0 Å². The number of aryl methyl sites for hydroxylation is 1. The minimum atomic E-state index is 0.0523. The molecule has 0 saturated carbocycles. The molecule has 8 nitrogen and oxygen atoms in total. The van der Waals surface area contributed by atoms with E-state index in [1.54, 1.807) is 0 Å². The van der Waals surface area contributed by atoms with Crippen molar-refractivity contribution in [3.8, 4) is 0 Å². The fourth-order valence-corrected chi connectivity index (χ4v) is 3.46. The first kappa shape index (κ1) is 16.3. The third-order valence-electron chi connectivity index (χ3n) is 4.93. The molecule has 2 aliphatic rings. The molecule has 3 N–H and O–H groups in total. The van der Waals surface area contributed by atoms with Crippen molar-refractivity contribution < 1.29 is 9.84 Å². The van der Waals surface area contributed by atoms with Gasteiger partial charge in [0.1, 0.15) is 5.82 Å². The summed E-state index contributed by atoms with van der Waals surface area (Å²) < 4.78 is 5.52. The van der Waals surface area contributed by atoms with E-state index in [2.05, 4.69) is 43.4 Å². The van der Waals surface area contributed by atoms with Gasteiger partial charge in [-0.2, -0.15) is 10.1 Å². The summed E-state index contributed by atoms with van der Waals surface area (Å²) in [7, 11) is 0. The van der Waals surface area contributed by atoms with Crippen LogP contribution in [-0.4, -0.2) is 58.2 Å². The van der Waals surface area contributed by atoms with Gasteiger partial charge in [0.25, 0.3) is 0 Å². The van der Waals surface area contributed by atoms with Crippen molar-refractivity contribution in [2.45, 2.75) is 32.2 Å². The maximum atomic E-state index is 9.08. The fourth-order valence-electron chi connectivity index (χ4n) is 3.46. The Morgan fingerprint density at radius 2 is 2.36 bits per heavy atom. The molecule has 0 spiro atoms. The first-order chi connectivity index (χ1) is 12.2. The van der Waals surface area contributed by atoms with Crippen LogP contribution in [0.3, 0.4) is 0 Å². The van der Waals surface area contributed by atoms with Gasteiger partial charge in [0.05, 0.1) is 24.6 Å². The van der Waals surface area contributed by atoms with Crippen LogP contribution in [0.25, 0.3) is 0 Å². The maximum absolute atomic E-state index is 9.08.